The van der Waals surface area contributed by atoms with Gasteiger partial charge in [0.2, 0.25) is 0 Å². The first kappa shape index (κ1) is 14.4. The minimum Gasteiger partial charge on any atom is -0.496 e. The second kappa shape index (κ2) is 5.68. The molecule has 0 aromatic heterocycles. The van der Waals surface area contributed by atoms with E-state index >= 15 is 0 Å². The van der Waals surface area contributed by atoms with E-state index < -0.39 is 0 Å². The first-order valence-electron chi connectivity index (χ1n) is 7.78. The minimum absolute atomic E-state index is 0.133. The van der Waals surface area contributed by atoms with Crippen molar-refractivity contribution in [2.45, 2.75) is 26.2 Å². The summed E-state index contributed by atoms with van der Waals surface area (Å²) in [6, 6.07) is 5.72. The number of benzene rings is 1. The maximum atomic E-state index is 12.6. The minimum atomic E-state index is 0.133. The van der Waals surface area contributed by atoms with Crippen molar-refractivity contribution in [3.8, 4) is 5.75 Å². The number of nitrogens with zero attached hydrogens (tertiary/aromatic N) is 1. The smallest absolute Gasteiger partial charge is 0.253 e. The summed E-state index contributed by atoms with van der Waals surface area (Å²) >= 11 is 0. The molecule has 4 nitrogen and oxygen atoms in total. The number of rotatable bonds is 2. The van der Waals surface area contributed by atoms with Crippen molar-refractivity contribution in [1.29, 1.82) is 0 Å². The molecule has 1 N–H and O–H groups in total. The SMILES string of the molecule is COc1cc(C(=O)N2CCC3(CCNC3)CC2)ccc1C. The predicted molar refractivity (Wildman–Crippen MR) is 82.8 cm³/mol. The van der Waals surface area contributed by atoms with Crippen LogP contribution in [0.2, 0.25) is 0 Å². The number of carbonyl (C=O) groups is 1. The Balaban J connectivity index is 1.69. The first-order chi connectivity index (χ1) is 10.1. The molecule has 4 heteroatoms. The average Bonchev–Trinajstić information content (AvgIpc) is 2.96. The number of likely N-dealkylation sites (tertiary alicyclic amines) is 1. The lowest BCUT2D eigenvalue weighted by molar-refractivity contribution is 0.0607. The number of hydrogen-bond donors (Lipinski definition) is 1. The van der Waals surface area contributed by atoms with Crippen LogP contribution in [-0.2, 0) is 0 Å². The second-order valence-electron chi connectivity index (χ2n) is 6.40. The topological polar surface area (TPSA) is 41.6 Å². The van der Waals surface area contributed by atoms with Crippen molar-refractivity contribution >= 4 is 5.91 Å². The Morgan fingerprint density at radius 3 is 2.67 bits per heavy atom. The molecule has 0 unspecified atom stereocenters. The lowest BCUT2D eigenvalue weighted by Crippen LogP contribution is -2.44. The molecule has 114 valence electrons. The van der Waals surface area contributed by atoms with Gasteiger partial charge in [0.05, 0.1) is 7.11 Å². The van der Waals surface area contributed by atoms with E-state index in [-0.39, 0.29) is 5.91 Å². The van der Waals surface area contributed by atoms with Crippen LogP contribution in [0.3, 0.4) is 0 Å². The summed E-state index contributed by atoms with van der Waals surface area (Å²) in [4.78, 5) is 14.6. The quantitative estimate of drug-likeness (QED) is 0.907. The molecule has 2 saturated heterocycles. The van der Waals surface area contributed by atoms with Crippen molar-refractivity contribution in [2.24, 2.45) is 5.41 Å². The molecule has 1 spiro atoms. The molecule has 0 atom stereocenters. The van der Waals surface area contributed by atoms with Crippen molar-refractivity contribution in [1.82, 2.24) is 10.2 Å². The van der Waals surface area contributed by atoms with E-state index in [4.69, 9.17) is 4.74 Å². The van der Waals surface area contributed by atoms with Crippen LogP contribution < -0.4 is 10.1 Å². The normalized spacial score (nSPS) is 20.8. The highest BCUT2D eigenvalue weighted by atomic mass is 16.5. The largest absolute Gasteiger partial charge is 0.496 e. The highest BCUT2D eigenvalue weighted by molar-refractivity contribution is 5.94. The molecule has 2 fully saturated rings. The second-order valence-corrected chi connectivity index (χ2v) is 6.40. The molecule has 0 saturated carbocycles. The van der Waals surface area contributed by atoms with Crippen molar-refractivity contribution in [2.75, 3.05) is 33.3 Å². The predicted octanol–water partition coefficient (Wildman–Crippen LogP) is 2.22. The number of nitrogens with one attached hydrogen (secondary N) is 1. The van der Waals surface area contributed by atoms with Gasteiger partial charge in [0.15, 0.2) is 0 Å². The van der Waals surface area contributed by atoms with Gasteiger partial charge in [-0.25, -0.2) is 0 Å². The standard InChI is InChI=1S/C17H24N2O2/c1-13-3-4-14(11-15(13)21-2)16(20)19-9-6-17(7-10-19)5-8-18-12-17/h3-4,11,18H,5-10,12H2,1-2H3. The number of piperidine rings is 1. The van der Waals surface area contributed by atoms with Crippen LogP contribution in [0.1, 0.15) is 35.2 Å². The third-order valence-corrected chi connectivity index (χ3v) is 5.10. The summed E-state index contributed by atoms with van der Waals surface area (Å²) in [6.07, 6.45) is 3.50. The summed E-state index contributed by atoms with van der Waals surface area (Å²) in [5.74, 6) is 0.920. The summed E-state index contributed by atoms with van der Waals surface area (Å²) in [7, 11) is 1.65. The summed E-state index contributed by atoms with van der Waals surface area (Å²) in [6.45, 7) is 5.98. The maximum absolute atomic E-state index is 12.6. The average molecular weight is 288 g/mol. The molecule has 0 aliphatic carbocycles. The van der Waals surface area contributed by atoms with Crippen LogP contribution in [0.5, 0.6) is 5.75 Å². The van der Waals surface area contributed by atoms with E-state index in [0.717, 1.165) is 55.9 Å². The van der Waals surface area contributed by atoms with Gasteiger partial charge < -0.3 is 15.0 Å². The zero-order valence-corrected chi connectivity index (χ0v) is 12.9. The Morgan fingerprint density at radius 2 is 2.05 bits per heavy atom. The molecule has 1 amide bonds. The van der Waals surface area contributed by atoms with Gasteiger partial charge in [0.25, 0.3) is 5.91 Å². The van der Waals surface area contributed by atoms with E-state index in [1.54, 1.807) is 7.11 Å². The Hall–Kier alpha value is -1.55. The Labute approximate surface area is 126 Å². The Kier molecular flexibility index (Phi) is 3.89. The number of hydrogen-bond acceptors (Lipinski definition) is 3. The maximum Gasteiger partial charge on any atom is 0.253 e. The molecular weight excluding hydrogens is 264 g/mol. The summed E-state index contributed by atoms with van der Waals surface area (Å²) < 4.78 is 5.32. The number of amides is 1. The molecule has 0 radical (unpaired) electrons. The lowest BCUT2D eigenvalue weighted by Gasteiger charge is -2.39. The molecule has 2 aliphatic rings. The fourth-order valence-electron chi connectivity index (χ4n) is 3.54. The van der Waals surface area contributed by atoms with Crippen molar-refractivity contribution in [3.05, 3.63) is 29.3 Å². The molecular formula is C17H24N2O2. The number of ether oxygens (including phenoxy) is 1. The fourth-order valence-corrected chi connectivity index (χ4v) is 3.54. The lowest BCUT2D eigenvalue weighted by atomic mass is 9.78. The van der Waals surface area contributed by atoms with Gasteiger partial charge >= 0.3 is 0 Å². The molecule has 3 rings (SSSR count). The zero-order valence-electron chi connectivity index (χ0n) is 12.9. The zero-order chi connectivity index (χ0) is 14.9. The van der Waals surface area contributed by atoms with Gasteiger partial charge in [0.1, 0.15) is 5.75 Å². The molecule has 1 aromatic carbocycles. The van der Waals surface area contributed by atoms with E-state index in [0.29, 0.717) is 5.41 Å². The van der Waals surface area contributed by atoms with E-state index in [9.17, 15) is 4.79 Å². The third kappa shape index (κ3) is 2.77. The van der Waals surface area contributed by atoms with Gasteiger partial charge in [-0.3, -0.25) is 4.79 Å². The van der Waals surface area contributed by atoms with E-state index in [2.05, 4.69) is 5.32 Å². The third-order valence-electron chi connectivity index (χ3n) is 5.10. The number of carbonyl (C=O) groups excluding carboxylic acids is 1. The molecule has 0 bridgehead atoms. The van der Waals surface area contributed by atoms with Crippen LogP contribution in [0.4, 0.5) is 0 Å². The van der Waals surface area contributed by atoms with E-state index in [1.165, 1.54) is 6.42 Å². The van der Waals surface area contributed by atoms with Gasteiger partial charge in [-0.1, -0.05) is 6.07 Å². The van der Waals surface area contributed by atoms with Crippen LogP contribution in [0.15, 0.2) is 18.2 Å². The molecule has 21 heavy (non-hydrogen) atoms. The summed E-state index contributed by atoms with van der Waals surface area (Å²) in [5, 5.41) is 3.46. The van der Waals surface area contributed by atoms with Crippen LogP contribution in [-0.4, -0.2) is 44.1 Å². The number of aryl methyl sites for hydroxylation is 1. The molecule has 2 aliphatic heterocycles. The van der Waals surface area contributed by atoms with Crippen molar-refractivity contribution < 1.29 is 9.53 Å². The highest BCUT2D eigenvalue weighted by Crippen LogP contribution is 2.37. The van der Waals surface area contributed by atoms with Gasteiger partial charge in [-0.2, -0.15) is 0 Å². The summed E-state index contributed by atoms with van der Waals surface area (Å²) in [5.41, 5.74) is 2.24. The van der Waals surface area contributed by atoms with Gasteiger partial charge in [-0.15, -0.1) is 0 Å². The highest BCUT2D eigenvalue weighted by Gasteiger charge is 2.38. The van der Waals surface area contributed by atoms with Crippen molar-refractivity contribution in [3.63, 3.8) is 0 Å². The van der Waals surface area contributed by atoms with Crippen LogP contribution in [0, 0.1) is 12.3 Å². The number of methoxy groups -OCH3 is 1. The molecule has 2 heterocycles. The first-order valence-corrected chi connectivity index (χ1v) is 7.78. The van der Waals surface area contributed by atoms with Gasteiger partial charge in [0, 0.05) is 25.2 Å². The Bertz CT molecular complexity index is 526. The van der Waals surface area contributed by atoms with E-state index in [1.807, 2.05) is 30.0 Å². The Morgan fingerprint density at radius 1 is 1.29 bits per heavy atom. The monoisotopic (exact) mass is 288 g/mol. The van der Waals surface area contributed by atoms with Gasteiger partial charge in [-0.05, 0) is 55.8 Å². The fraction of sp³-hybridized carbons (Fsp3) is 0.588. The van der Waals surface area contributed by atoms with Crippen LogP contribution >= 0.6 is 0 Å². The van der Waals surface area contributed by atoms with Crippen LogP contribution in [0.25, 0.3) is 0 Å². The molecule has 1 aromatic rings.